The van der Waals surface area contributed by atoms with E-state index in [0.29, 0.717) is 13.2 Å². The van der Waals surface area contributed by atoms with Crippen LogP contribution in [0.4, 0.5) is 5.69 Å². The Morgan fingerprint density at radius 2 is 1.86 bits per heavy atom. The summed E-state index contributed by atoms with van der Waals surface area (Å²) in [6.45, 7) is 5.30. The summed E-state index contributed by atoms with van der Waals surface area (Å²) in [6, 6.07) is 13.5. The largest absolute Gasteiger partial charge is 0.497 e. The van der Waals surface area contributed by atoms with Crippen molar-refractivity contribution in [3.63, 3.8) is 0 Å². The van der Waals surface area contributed by atoms with Crippen molar-refractivity contribution in [2.75, 3.05) is 25.6 Å². The molecule has 146 valence electrons. The van der Waals surface area contributed by atoms with Crippen LogP contribution in [0.25, 0.3) is 5.69 Å². The second kappa shape index (κ2) is 7.38. The van der Waals surface area contributed by atoms with Gasteiger partial charge in [-0.25, -0.2) is 0 Å². The molecule has 0 unspecified atom stereocenters. The number of tetrazole rings is 1. The van der Waals surface area contributed by atoms with Crippen LogP contribution >= 0.6 is 0 Å². The van der Waals surface area contributed by atoms with Crippen molar-refractivity contribution >= 4 is 5.69 Å². The highest BCUT2D eigenvalue weighted by molar-refractivity contribution is 5.56. The number of benzene rings is 2. The van der Waals surface area contributed by atoms with Gasteiger partial charge >= 0.3 is 0 Å². The van der Waals surface area contributed by atoms with E-state index in [1.807, 2.05) is 42.5 Å². The average molecular weight is 381 g/mol. The highest BCUT2D eigenvalue weighted by atomic mass is 16.6. The summed E-state index contributed by atoms with van der Waals surface area (Å²) in [6.07, 6.45) is 0.776. The maximum Gasteiger partial charge on any atom is 0.181 e. The van der Waals surface area contributed by atoms with Gasteiger partial charge < -0.3 is 19.5 Å². The Balaban J connectivity index is 1.65. The standard InChI is InChI=1S/C20H23N5O3/c1-4-20(2,21-14-5-10-17-18(13-14)28-12-11-27-17)19-22-23-24-25(19)15-6-8-16(26-3)9-7-15/h5-10,13,21H,4,11-12H2,1-3H3/t20-/m0/s1. The lowest BCUT2D eigenvalue weighted by Crippen LogP contribution is -2.34. The van der Waals surface area contributed by atoms with Crippen LogP contribution < -0.4 is 19.5 Å². The Kier molecular flexibility index (Phi) is 4.77. The molecule has 3 aromatic rings. The fourth-order valence-electron chi connectivity index (χ4n) is 3.17. The molecule has 2 aromatic carbocycles. The van der Waals surface area contributed by atoms with Crippen LogP contribution in [0.1, 0.15) is 26.1 Å². The second-order valence-electron chi connectivity index (χ2n) is 6.78. The van der Waals surface area contributed by atoms with Crippen molar-refractivity contribution in [1.82, 2.24) is 20.2 Å². The fraction of sp³-hybridized carbons (Fsp3) is 0.350. The van der Waals surface area contributed by atoms with Crippen molar-refractivity contribution in [1.29, 1.82) is 0 Å². The molecule has 1 aliphatic rings. The minimum Gasteiger partial charge on any atom is -0.497 e. The third kappa shape index (κ3) is 3.33. The van der Waals surface area contributed by atoms with Crippen molar-refractivity contribution in [3.05, 3.63) is 48.3 Å². The van der Waals surface area contributed by atoms with E-state index in [1.165, 1.54) is 0 Å². The molecule has 0 bridgehead atoms. The number of methoxy groups -OCH3 is 1. The third-order valence-corrected chi connectivity index (χ3v) is 4.95. The first-order valence-corrected chi connectivity index (χ1v) is 9.24. The van der Waals surface area contributed by atoms with E-state index in [2.05, 4.69) is 34.7 Å². The fourth-order valence-corrected chi connectivity index (χ4v) is 3.17. The number of aromatic nitrogens is 4. The van der Waals surface area contributed by atoms with Gasteiger partial charge in [-0.15, -0.1) is 5.10 Å². The van der Waals surface area contributed by atoms with Crippen LogP contribution in [0.2, 0.25) is 0 Å². The quantitative estimate of drug-likeness (QED) is 0.702. The predicted octanol–water partition coefficient (Wildman–Crippen LogP) is 3.18. The summed E-state index contributed by atoms with van der Waals surface area (Å²) in [7, 11) is 1.64. The van der Waals surface area contributed by atoms with Gasteiger partial charge in [-0.2, -0.15) is 4.68 Å². The zero-order chi connectivity index (χ0) is 19.6. The molecule has 0 fully saturated rings. The lowest BCUT2D eigenvalue weighted by atomic mass is 9.97. The number of nitrogens with zero attached hydrogens (tertiary/aromatic N) is 4. The van der Waals surface area contributed by atoms with Crippen LogP contribution in [0.15, 0.2) is 42.5 Å². The Bertz CT molecular complexity index is 957. The van der Waals surface area contributed by atoms with Crippen LogP contribution in [0.3, 0.4) is 0 Å². The summed E-state index contributed by atoms with van der Waals surface area (Å²) < 4.78 is 18.3. The molecule has 4 rings (SSSR count). The highest BCUT2D eigenvalue weighted by Gasteiger charge is 2.32. The minimum absolute atomic E-state index is 0.493. The van der Waals surface area contributed by atoms with Gasteiger partial charge in [0.2, 0.25) is 0 Å². The Labute approximate surface area is 163 Å². The molecule has 0 amide bonds. The number of hydrogen-bond acceptors (Lipinski definition) is 7. The van der Waals surface area contributed by atoms with E-state index in [4.69, 9.17) is 14.2 Å². The summed E-state index contributed by atoms with van der Waals surface area (Å²) >= 11 is 0. The molecule has 2 heterocycles. The van der Waals surface area contributed by atoms with Crippen molar-refractivity contribution in [2.45, 2.75) is 25.8 Å². The Hall–Kier alpha value is -3.29. The molecule has 1 aromatic heterocycles. The summed E-state index contributed by atoms with van der Waals surface area (Å²) in [5.41, 5.74) is 1.29. The lowest BCUT2D eigenvalue weighted by Gasteiger charge is -2.30. The smallest absolute Gasteiger partial charge is 0.181 e. The van der Waals surface area contributed by atoms with E-state index in [-0.39, 0.29) is 0 Å². The van der Waals surface area contributed by atoms with Gasteiger partial charge in [0.15, 0.2) is 17.3 Å². The predicted molar refractivity (Wildman–Crippen MR) is 104 cm³/mol. The monoisotopic (exact) mass is 381 g/mol. The van der Waals surface area contributed by atoms with E-state index >= 15 is 0 Å². The molecular formula is C20H23N5O3. The summed E-state index contributed by atoms with van der Waals surface area (Å²) in [5, 5.41) is 16.0. The SMILES string of the molecule is CC[C@](C)(Nc1ccc2c(c1)OCCO2)c1nnnn1-c1ccc(OC)cc1. The second-order valence-corrected chi connectivity index (χ2v) is 6.78. The van der Waals surface area contributed by atoms with Crippen LogP contribution in [-0.4, -0.2) is 40.5 Å². The van der Waals surface area contributed by atoms with Crippen LogP contribution in [-0.2, 0) is 5.54 Å². The molecule has 0 radical (unpaired) electrons. The molecule has 0 spiro atoms. The number of nitrogens with one attached hydrogen (secondary N) is 1. The Morgan fingerprint density at radius 3 is 2.57 bits per heavy atom. The first-order chi connectivity index (χ1) is 13.6. The van der Waals surface area contributed by atoms with Crippen LogP contribution in [0, 0.1) is 0 Å². The zero-order valence-corrected chi connectivity index (χ0v) is 16.2. The topological polar surface area (TPSA) is 83.3 Å². The van der Waals surface area contributed by atoms with Gasteiger partial charge in [0.1, 0.15) is 19.0 Å². The molecular weight excluding hydrogens is 358 g/mol. The van der Waals surface area contributed by atoms with Crippen LogP contribution in [0.5, 0.6) is 17.2 Å². The lowest BCUT2D eigenvalue weighted by molar-refractivity contribution is 0.171. The molecule has 1 aliphatic heterocycles. The molecule has 0 saturated heterocycles. The van der Waals surface area contributed by atoms with E-state index in [1.54, 1.807) is 11.8 Å². The molecule has 28 heavy (non-hydrogen) atoms. The zero-order valence-electron chi connectivity index (χ0n) is 16.2. The number of ether oxygens (including phenoxy) is 3. The normalized spacial score (nSPS) is 15.0. The molecule has 8 nitrogen and oxygen atoms in total. The van der Waals surface area contributed by atoms with E-state index in [0.717, 1.165) is 40.9 Å². The molecule has 1 N–H and O–H groups in total. The van der Waals surface area contributed by atoms with Gasteiger partial charge in [0.05, 0.1) is 18.3 Å². The maximum atomic E-state index is 5.70. The number of hydrogen-bond donors (Lipinski definition) is 1. The van der Waals surface area contributed by atoms with E-state index < -0.39 is 5.54 Å². The van der Waals surface area contributed by atoms with Gasteiger partial charge in [-0.3, -0.25) is 0 Å². The van der Waals surface area contributed by atoms with Gasteiger partial charge in [-0.1, -0.05) is 6.92 Å². The van der Waals surface area contributed by atoms with Crippen molar-refractivity contribution in [3.8, 4) is 22.9 Å². The molecule has 8 heteroatoms. The van der Waals surface area contributed by atoms with E-state index in [9.17, 15) is 0 Å². The Morgan fingerprint density at radius 1 is 1.11 bits per heavy atom. The number of rotatable bonds is 6. The molecule has 1 atom stereocenters. The van der Waals surface area contributed by atoms with Crippen molar-refractivity contribution < 1.29 is 14.2 Å². The van der Waals surface area contributed by atoms with Crippen molar-refractivity contribution in [2.24, 2.45) is 0 Å². The molecule has 0 saturated carbocycles. The first kappa shape index (κ1) is 18.1. The average Bonchev–Trinajstić information content (AvgIpc) is 3.24. The summed E-state index contributed by atoms with van der Waals surface area (Å²) in [4.78, 5) is 0. The van der Waals surface area contributed by atoms with Gasteiger partial charge in [0.25, 0.3) is 0 Å². The summed E-state index contributed by atoms with van der Waals surface area (Å²) in [5.74, 6) is 3.00. The first-order valence-electron chi connectivity index (χ1n) is 9.24. The van der Waals surface area contributed by atoms with Gasteiger partial charge in [0, 0.05) is 11.8 Å². The molecule has 0 aliphatic carbocycles. The highest BCUT2D eigenvalue weighted by Crippen LogP contribution is 2.36. The third-order valence-electron chi connectivity index (χ3n) is 4.95. The maximum absolute atomic E-state index is 5.70. The number of anilines is 1. The minimum atomic E-state index is -0.493. The number of fused-ring (bicyclic) bond motifs is 1. The van der Waals surface area contributed by atoms with Gasteiger partial charge in [-0.05, 0) is 60.2 Å².